The van der Waals surface area contributed by atoms with E-state index >= 15 is 0 Å². The van der Waals surface area contributed by atoms with Gasteiger partial charge in [0.2, 0.25) is 5.88 Å². The van der Waals surface area contributed by atoms with Crippen LogP contribution in [0.2, 0.25) is 0 Å². The van der Waals surface area contributed by atoms with Gasteiger partial charge in [0.05, 0.1) is 0 Å². The molecule has 0 saturated carbocycles. The minimum atomic E-state index is 0.461. The Hall–Kier alpha value is -1.14. The van der Waals surface area contributed by atoms with E-state index in [0.717, 1.165) is 33.3 Å². The summed E-state index contributed by atoms with van der Waals surface area (Å²) in [5.74, 6) is 1.30. The molecule has 1 aromatic heterocycles. The van der Waals surface area contributed by atoms with E-state index in [2.05, 4.69) is 54.1 Å². The first-order valence-electron chi connectivity index (χ1n) is 6.32. The summed E-state index contributed by atoms with van der Waals surface area (Å²) >= 11 is 6.92. The molecule has 0 radical (unpaired) electrons. The van der Waals surface area contributed by atoms with Crippen LogP contribution in [0.25, 0.3) is 0 Å². The Morgan fingerprint density at radius 1 is 1.25 bits per heavy atom. The van der Waals surface area contributed by atoms with Gasteiger partial charge in [0.15, 0.2) is 0 Å². The number of aromatic nitrogens is 2. The van der Waals surface area contributed by atoms with Crippen molar-refractivity contribution in [3.63, 3.8) is 0 Å². The van der Waals surface area contributed by atoms with Crippen molar-refractivity contribution >= 4 is 37.7 Å². The lowest BCUT2D eigenvalue weighted by Crippen LogP contribution is -2.05. The van der Waals surface area contributed by atoms with E-state index in [1.165, 1.54) is 6.33 Å². The van der Waals surface area contributed by atoms with Crippen LogP contribution < -0.4 is 10.1 Å². The minimum Gasteiger partial charge on any atom is -0.472 e. The molecule has 106 valence electrons. The second-order valence-electron chi connectivity index (χ2n) is 4.19. The average Bonchev–Trinajstić information content (AvgIpc) is 2.45. The van der Waals surface area contributed by atoms with Crippen molar-refractivity contribution in [2.45, 2.75) is 20.0 Å². The van der Waals surface area contributed by atoms with Gasteiger partial charge in [-0.2, -0.15) is 0 Å². The van der Waals surface area contributed by atoms with Crippen LogP contribution in [-0.4, -0.2) is 16.5 Å². The van der Waals surface area contributed by atoms with Crippen molar-refractivity contribution in [2.75, 3.05) is 11.9 Å². The number of halogens is 2. The first-order chi connectivity index (χ1) is 9.70. The Kier molecular flexibility index (Phi) is 5.79. The van der Waals surface area contributed by atoms with Crippen LogP contribution in [0.15, 0.2) is 39.5 Å². The van der Waals surface area contributed by atoms with Crippen LogP contribution in [0.4, 0.5) is 5.82 Å². The molecule has 0 spiro atoms. The Morgan fingerprint density at radius 3 is 2.85 bits per heavy atom. The number of nitrogens with zero attached hydrogens (tertiary/aromatic N) is 2. The van der Waals surface area contributed by atoms with E-state index in [9.17, 15) is 0 Å². The van der Waals surface area contributed by atoms with Gasteiger partial charge in [-0.15, -0.1) is 0 Å². The third-order valence-corrected chi connectivity index (χ3v) is 3.77. The van der Waals surface area contributed by atoms with Crippen molar-refractivity contribution in [1.29, 1.82) is 0 Å². The van der Waals surface area contributed by atoms with Crippen LogP contribution >= 0.6 is 31.9 Å². The lowest BCUT2D eigenvalue weighted by molar-refractivity contribution is 0.291. The third kappa shape index (κ3) is 4.18. The molecule has 0 aliphatic rings. The zero-order chi connectivity index (χ0) is 14.4. The largest absolute Gasteiger partial charge is 0.472 e. The standard InChI is InChI=1S/C14H15Br2N3O/c1-2-6-17-13-12(16)14(19-9-18-13)20-8-10-4-3-5-11(15)7-10/h3-5,7,9H,2,6,8H2,1H3,(H,17,18,19). The highest BCUT2D eigenvalue weighted by atomic mass is 79.9. The van der Waals surface area contributed by atoms with E-state index in [4.69, 9.17) is 4.74 Å². The summed E-state index contributed by atoms with van der Waals surface area (Å²) in [6, 6.07) is 7.99. The predicted molar refractivity (Wildman–Crippen MR) is 87.0 cm³/mol. The molecule has 0 aliphatic carbocycles. The highest BCUT2D eigenvalue weighted by Gasteiger charge is 2.09. The first kappa shape index (κ1) is 15.3. The predicted octanol–water partition coefficient (Wildman–Crippen LogP) is 4.40. The minimum absolute atomic E-state index is 0.461. The van der Waals surface area contributed by atoms with Gasteiger partial charge in [-0.05, 0) is 40.0 Å². The number of benzene rings is 1. The summed E-state index contributed by atoms with van der Waals surface area (Å²) < 4.78 is 7.53. The molecule has 0 aliphatic heterocycles. The molecule has 0 saturated heterocycles. The van der Waals surface area contributed by atoms with Gasteiger partial charge in [-0.3, -0.25) is 0 Å². The van der Waals surface area contributed by atoms with Gasteiger partial charge in [0.25, 0.3) is 0 Å². The summed E-state index contributed by atoms with van der Waals surface area (Å²) in [5, 5.41) is 3.22. The monoisotopic (exact) mass is 399 g/mol. The molecule has 0 atom stereocenters. The Labute approximate surface area is 135 Å². The summed E-state index contributed by atoms with van der Waals surface area (Å²) in [5.41, 5.74) is 1.08. The molecular weight excluding hydrogens is 386 g/mol. The van der Waals surface area contributed by atoms with Gasteiger partial charge in [-0.1, -0.05) is 35.0 Å². The highest BCUT2D eigenvalue weighted by molar-refractivity contribution is 9.11. The Bertz CT molecular complexity index is 578. The number of nitrogens with one attached hydrogen (secondary N) is 1. The number of rotatable bonds is 6. The number of hydrogen-bond acceptors (Lipinski definition) is 4. The van der Waals surface area contributed by atoms with Crippen LogP contribution in [0.5, 0.6) is 5.88 Å². The molecule has 2 rings (SSSR count). The highest BCUT2D eigenvalue weighted by Crippen LogP contribution is 2.29. The smallest absolute Gasteiger partial charge is 0.233 e. The van der Waals surface area contributed by atoms with Crippen LogP contribution in [0.1, 0.15) is 18.9 Å². The second kappa shape index (κ2) is 7.59. The molecule has 1 heterocycles. The van der Waals surface area contributed by atoms with E-state index in [0.29, 0.717) is 12.5 Å². The number of hydrogen-bond donors (Lipinski definition) is 1. The first-order valence-corrected chi connectivity index (χ1v) is 7.91. The fourth-order valence-corrected chi connectivity index (χ4v) is 2.51. The average molecular weight is 401 g/mol. The molecule has 20 heavy (non-hydrogen) atoms. The van der Waals surface area contributed by atoms with Crippen LogP contribution in [0.3, 0.4) is 0 Å². The van der Waals surface area contributed by atoms with Gasteiger partial charge in [0, 0.05) is 11.0 Å². The number of ether oxygens (including phenoxy) is 1. The molecule has 0 bridgehead atoms. The zero-order valence-electron chi connectivity index (χ0n) is 11.1. The van der Waals surface area contributed by atoms with Crippen molar-refractivity contribution in [3.05, 3.63) is 45.1 Å². The van der Waals surface area contributed by atoms with E-state index < -0.39 is 0 Å². The molecule has 0 unspecified atom stereocenters. The maximum Gasteiger partial charge on any atom is 0.233 e. The van der Waals surface area contributed by atoms with Crippen LogP contribution in [-0.2, 0) is 6.61 Å². The molecule has 6 heteroatoms. The van der Waals surface area contributed by atoms with E-state index in [1.807, 2.05) is 24.3 Å². The molecule has 2 aromatic rings. The van der Waals surface area contributed by atoms with Gasteiger partial charge >= 0.3 is 0 Å². The maximum atomic E-state index is 5.74. The topological polar surface area (TPSA) is 47.0 Å². The SMILES string of the molecule is CCCNc1ncnc(OCc2cccc(Br)c2)c1Br. The molecule has 0 fully saturated rings. The summed E-state index contributed by atoms with van der Waals surface area (Å²) in [6.45, 7) is 3.43. The van der Waals surface area contributed by atoms with Crippen molar-refractivity contribution in [1.82, 2.24) is 9.97 Å². The Balaban J connectivity index is 2.06. The molecule has 1 aromatic carbocycles. The van der Waals surface area contributed by atoms with Gasteiger partial charge in [0.1, 0.15) is 23.2 Å². The Morgan fingerprint density at radius 2 is 2.10 bits per heavy atom. The zero-order valence-corrected chi connectivity index (χ0v) is 14.2. The van der Waals surface area contributed by atoms with Crippen molar-refractivity contribution in [3.8, 4) is 5.88 Å². The quantitative estimate of drug-likeness (QED) is 0.780. The fraction of sp³-hybridized carbons (Fsp3) is 0.286. The molecular formula is C14H15Br2N3O. The molecule has 1 N–H and O–H groups in total. The maximum absolute atomic E-state index is 5.74. The third-order valence-electron chi connectivity index (χ3n) is 2.56. The lowest BCUT2D eigenvalue weighted by Gasteiger charge is -2.10. The van der Waals surface area contributed by atoms with Gasteiger partial charge < -0.3 is 10.1 Å². The second-order valence-corrected chi connectivity index (χ2v) is 5.90. The summed E-state index contributed by atoms with van der Waals surface area (Å²) in [4.78, 5) is 8.34. The summed E-state index contributed by atoms with van der Waals surface area (Å²) in [6.07, 6.45) is 2.53. The fourth-order valence-electron chi connectivity index (χ4n) is 1.60. The normalized spacial score (nSPS) is 10.3. The van der Waals surface area contributed by atoms with Crippen molar-refractivity contribution in [2.24, 2.45) is 0 Å². The van der Waals surface area contributed by atoms with E-state index in [-0.39, 0.29) is 0 Å². The van der Waals surface area contributed by atoms with Crippen LogP contribution in [0, 0.1) is 0 Å². The lowest BCUT2D eigenvalue weighted by atomic mass is 10.2. The van der Waals surface area contributed by atoms with Gasteiger partial charge in [-0.25, -0.2) is 9.97 Å². The molecule has 0 amide bonds. The summed E-state index contributed by atoms with van der Waals surface area (Å²) in [7, 11) is 0. The van der Waals surface area contributed by atoms with Crippen molar-refractivity contribution < 1.29 is 4.74 Å². The number of anilines is 1. The van der Waals surface area contributed by atoms with E-state index in [1.54, 1.807) is 0 Å². The molecule has 4 nitrogen and oxygen atoms in total.